The molecule has 2 aromatic carbocycles. The van der Waals surface area contributed by atoms with Crippen LogP contribution in [0.25, 0.3) is 0 Å². The van der Waals surface area contributed by atoms with Crippen molar-refractivity contribution in [3.05, 3.63) is 47.5 Å². The molecule has 0 radical (unpaired) electrons. The van der Waals surface area contributed by atoms with E-state index in [0.29, 0.717) is 24.6 Å². The Bertz CT molecular complexity index is 604. The van der Waals surface area contributed by atoms with Crippen LogP contribution in [0.2, 0.25) is 0 Å². The van der Waals surface area contributed by atoms with Crippen molar-refractivity contribution >= 4 is 0 Å². The van der Waals surface area contributed by atoms with Crippen LogP contribution in [0.5, 0.6) is 23.0 Å². The molecule has 0 aliphatic carbocycles. The molecule has 6 heteroatoms. The summed E-state index contributed by atoms with van der Waals surface area (Å²) in [5, 5.41) is 26.5. The highest BCUT2D eigenvalue weighted by atomic mass is 16.5. The smallest absolute Gasteiger partial charge is 0.162 e. The molecule has 2 rings (SSSR count). The Morgan fingerprint density at radius 1 is 0.750 bits per heavy atom. The van der Waals surface area contributed by atoms with Crippen LogP contribution < -0.4 is 20.1 Å². The lowest BCUT2D eigenvalue weighted by molar-refractivity contribution is 0.369. The topological polar surface area (TPSA) is 83.0 Å². The molecule has 0 spiro atoms. The average molecular weight is 332 g/mol. The van der Waals surface area contributed by atoms with Crippen LogP contribution in [0.4, 0.5) is 0 Å². The summed E-state index contributed by atoms with van der Waals surface area (Å²) in [7, 11) is 3.06. The summed E-state index contributed by atoms with van der Waals surface area (Å²) in [5.41, 5.74) is 1.58. The van der Waals surface area contributed by atoms with Gasteiger partial charge in [-0.3, -0.25) is 0 Å². The molecule has 0 amide bonds. The first-order valence-electron chi connectivity index (χ1n) is 7.78. The van der Waals surface area contributed by atoms with Crippen LogP contribution in [0, 0.1) is 0 Å². The number of para-hydroxylation sites is 2. The molecule has 0 heterocycles. The van der Waals surface area contributed by atoms with Crippen LogP contribution in [0.15, 0.2) is 36.4 Å². The van der Waals surface area contributed by atoms with E-state index < -0.39 is 0 Å². The van der Waals surface area contributed by atoms with E-state index in [-0.39, 0.29) is 11.5 Å². The normalized spacial score (nSPS) is 10.6. The third kappa shape index (κ3) is 4.53. The average Bonchev–Trinajstić information content (AvgIpc) is 2.60. The Morgan fingerprint density at radius 3 is 1.54 bits per heavy atom. The van der Waals surface area contributed by atoms with E-state index >= 15 is 0 Å². The summed E-state index contributed by atoms with van der Waals surface area (Å²) in [4.78, 5) is 0. The van der Waals surface area contributed by atoms with Gasteiger partial charge in [-0.05, 0) is 12.1 Å². The van der Waals surface area contributed by atoms with Gasteiger partial charge >= 0.3 is 0 Å². The Kier molecular flexibility index (Phi) is 6.72. The highest BCUT2D eigenvalue weighted by Crippen LogP contribution is 2.29. The summed E-state index contributed by atoms with van der Waals surface area (Å²) < 4.78 is 10.2. The number of aromatic hydroxyl groups is 2. The van der Waals surface area contributed by atoms with Crippen molar-refractivity contribution in [3.8, 4) is 23.0 Å². The van der Waals surface area contributed by atoms with Crippen molar-refractivity contribution in [2.45, 2.75) is 13.1 Å². The largest absolute Gasteiger partial charge is 0.504 e. The lowest BCUT2D eigenvalue weighted by Gasteiger charge is -2.11. The Labute approximate surface area is 142 Å². The molecule has 0 aliphatic rings. The molecule has 6 nitrogen and oxygen atoms in total. The number of hydrogen-bond acceptors (Lipinski definition) is 6. The predicted octanol–water partition coefficient (Wildman–Crippen LogP) is 1.99. The molecule has 0 aromatic heterocycles. The fourth-order valence-corrected chi connectivity index (χ4v) is 2.37. The Balaban J connectivity index is 1.73. The van der Waals surface area contributed by atoms with E-state index in [4.69, 9.17) is 9.47 Å². The fraction of sp³-hybridized carbons (Fsp3) is 0.333. The fourth-order valence-electron chi connectivity index (χ4n) is 2.37. The van der Waals surface area contributed by atoms with Crippen molar-refractivity contribution in [2.24, 2.45) is 0 Å². The maximum Gasteiger partial charge on any atom is 0.162 e. The van der Waals surface area contributed by atoms with E-state index in [2.05, 4.69) is 10.6 Å². The van der Waals surface area contributed by atoms with Crippen LogP contribution in [-0.4, -0.2) is 37.5 Å². The molecular weight excluding hydrogens is 308 g/mol. The first-order valence-corrected chi connectivity index (χ1v) is 7.78. The van der Waals surface area contributed by atoms with E-state index in [1.807, 2.05) is 24.3 Å². The van der Waals surface area contributed by atoms with Gasteiger partial charge in [-0.1, -0.05) is 24.3 Å². The van der Waals surface area contributed by atoms with Crippen molar-refractivity contribution < 1.29 is 19.7 Å². The van der Waals surface area contributed by atoms with E-state index in [1.54, 1.807) is 12.1 Å². The van der Waals surface area contributed by atoms with Crippen molar-refractivity contribution in [1.82, 2.24) is 10.6 Å². The molecule has 0 saturated carbocycles. The third-order valence-corrected chi connectivity index (χ3v) is 3.71. The highest BCUT2D eigenvalue weighted by molar-refractivity contribution is 5.46. The number of nitrogens with one attached hydrogen (secondary N) is 2. The van der Waals surface area contributed by atoms with Gasteiger partial charge in [-0.2, -0.15) is 0 Å². The van der Waals surface area contributed by atoms with Crippen molar-refractivity contribution in [1.29, 1.82) is 0 Å². The van der Waals surface area contributed by atoms with Gasteiger partial charge in [-0.15, -0.1) is 0 Å². The molecule has 130 valence electrons. The van der Waals surface area contributed by atoms with E-state index in [1.165, 1.54) is 14.2 Å². The molecular formula is C18H24N2O4. The van der Waals surface area contributed by atoms with Crippen LogP contribution in [0.1, 0.15) is 11.1 Å². The molecule has 4 N–H and O–H groups in total. The minimum atomic E-state index is 0.168. The van der Waals surface area contributed by atoms with Gasteiger partial charge in [0.1, 0.15) is 0 Å². The number of methoxy groups -OCH3 is 2. The predicted molar refractivity (Wildman–Crippen MR) is 92.7 cm³/mol. The van der Waals surface area contributed by atoms with Crippen molar-refractivity contribution in [3.63, 3.8) is 0 Å². The van der Waals surface area contributed by atoms with Crippen LogP contribution >= 0.6 is 0 Å². The van der Waals surface area contributed by atoms with Crippen molar-refractivity contribution in [2.75, 3.05) is 27.3 Å². The minimum absolute atomic E-state index is 0.168. The summed E-state index contributed by atoms with van der Waals surface area (Å²) in [6.07, 6.45) is 0. The zero-order valence-electron chi connectivity index (χ0n) is 14.0. The first kappa shape index (κ1) is 17.9. The Hall–Kier alpha value is -2.44. The molecule has 0 bridgehead atoms. The van der Waals surface area contributed by atoms with Crippen LogP contribution in [-0.2, 0) is 13.1 Å². The molecule has 0 saturated heterocycles. The zero-order chi connectivity index (χ0) is 17.4. The van der Waals surface area contributed by atoms with Gasteiger partial charge in [-0.25, -0.2) is 0 Å². The number of hydrogen-bond donors (Lipinski definition) is 4. The van der Waals surface area contributed by atoms with Gasteiger partial charge in [0.15, 0.2) is 23.0 Å². The first-order chi connectivity index (χ1) is 11.7. The number of phenolic OH excluding ortho intramolecular Hbond substituents is 2. The molecule has 0 aliphatic heterocycles. The maximum absolute atomic E-state index is 10.00. The number of phenols is 2. The quantitative estimate of drug-likeness (QED) is 0.526. The summed E-state index contributed by atoms with van der Waals surface area (Å²) >= 11 is 0. The third-order valence-electron chi connectivity index (χ3n) is 3.71. The molecule has 2 aromatic rings. The standard InChI is InChI=1S/C18H24N2O4/c1-23-15-7-3-5-13(17(15)21)11-19-9-10-20-12-14-6-4-8-16(24-2)18(14)22/h3-8,19-22H,9-12H2,1-2H3. The maximum atomic E-state index is 10.00. The second-order valence-corrected chi connectivity index (χ2v) is 5.29. The highest BCUT2D eigenvalue weighted by Gasteiger charge is 2.07. The molecule has 0 unspecified atom stereocenters. The summed E-state index contributed by atoms with van der Waals surface area (Å²) in [5.74, 6) is 1.28. The monoisotopic (exact) mass is 332 g/mol. The zero-order valence-corrected chi connectivity index (χ0v) is 14.0. The van der Waals surface area contributed by atoms with Gasteiger partial charge in [0.05, 0.1) is 14.2 Å². The van der Waals surface area contributed by atoms with Gasteiger partial charge in [0.2, 0.25) is 0 Å². The van der Waals surface area contributed by atoms with E-state index in [0.717, 1.165) is 24.2 Å². The summed E-state index contributed by atoms with van der Waals surface area (Å²) in [6, 6.07) is 10.8. The van der Waals surface area contributed by atoms with Gasteiger partial charge in [0.25, 0.3) is 0 Å². The SMILES string of the molecule is COc1cccc(CNCCNCc2cccc(OC)c2O)c1O. The number of ether oxygens (including phenoxy) is 2. The molecule has 24 heavy (non-hydrogen) atoms. The molecule has 0 atom stereocenters. The number of benzene rings is 2. The second kappa shape index (κ2) is 9.00. The summed E-state index contributed by atoms with van der Waals surface area (Å²) in [6.45, 7) is 2.55. The van der Waals surface area contributed by atoms with Crippen LogP contribution in [0.3, 0.4) is 0 Å². The lowest BCUT2D eigenvalue weighted by atomic mass is 10.2. The number of rotatable bonds is 9. The minimum Gasteiger partial charge on any atom is -0.504 e. The second-order valence-electron chi connectivity index (χ2n) is 5.29. The lowest BCUT2D eigenvalue weighted by Crippen LogP contribution is -2.26. The van der Waals surface area contributed by atoms with Gasteiger partial charge in [0, 0.05) is 37.3 Å². The van der Waals surface area contributed by atoms with Gasteiger partial charge < -0.3 is 30.3 Å². The molecule has 0 fully saturated rings. The van der Waals surface area contributed by atoms with E-state index in [9.17, 15) is 10.2 Å². The Morgan fingerprint density at radius 2 is 1.17 bits per heavy atom.